The van der Waals surface area contributed by atoms with Crippen molar-refractivity contribution in [2.45, 2.75) is 39.2 Å². The van der Waals surface area contributed by atoms with Gasteiger partial charge in [0.25, 0.3) is 0 Å². The molecule has 1 N–H and O–H groups in total. The molecule has 0 rings (SSSR count). The van der Waals surface area contributed by atoms with Crippen molar-refractivity contribution in [1.82, 2.24) is 5.32 Å². The molecule has 0 aliphatic rings. The van der Waals surface area contributed by atoms with Gasteiger partial charge in [-0.2, -0.15) is 0 Å². The van der Waals surface area contributed by atoms with Gasteiger partial charge in [-0.1, -0.05) is 19.9 Å². The van der Waals surface area contributed by atoms with E-state index in [1.807, 2.05) is 13.8 Å². The lowest BCUT2D eigenvalue weighted by Crippen LogP contribution is -2.41. The number of amides is 1. The third-order valence-corrected chi connectivity index (χ3v) is 2.07. The van der Waals surface area contributed by atoms with Crippen molar-refractivity contribution in [3.8, 4) is 0 Å². The Morgan fingerprint density at radius 2 is 2.06 bits per heavy atom. The summed E-state index contributed by atoms with van der Waals surface area (Å²) in [5, 5.41) is 2.67. The second-order valence-electron chi connectivity index (χ2n) is 4.11. The van der Waals surface area contributed by atoms with Gasteiger partial charge in [0.2, 0.25) is 5.91 Å². The summed E-state index contributed by atoms with van der Waals surface area (Å²) in [6.07, 6.45) is 3.33. The highest BCUT2D eigenvalue weighted by Crippen LogP contribution is 2.03. The molecule has 4 heteroatoms. The Hall–Kier alpha value is -1.32. The van der Waals surface area contributed by atoms with E-state index < -0.39 is 12.0 Å². The molecule has 0 aliphatic carbocycles. The molecule has 0 aromatic heterocycles. The Labute approximate surface area is 97.1 Å². The van der Waals surface area contributed by atoms with Crippen molar-refractivity contribution in [2.75, 3.05) is 7.11 Å². The molecule has 0 bridgehead atoms. The van der Waals surface area contributed by atoms with Crippen molar-refractivity contribution >= 4 is 11.9 Å². The maximum Gasteiger partial charge on any atom is 0.328 e. The molecule has 4 nitrogen and oxygen atoms in total. The molecular formula is C12H21NO3. The summed E-state index contributed by atoms with van der Waals surface area (Å²) in [6, 6.07) is -0.561. The lowest BCUT2D eigenvalue weighted by atomic mass is 10.1. The van der Waals surface area contributed by atoms with E-state index in [1.165, 1.54) is 7.11 Å². The number of hydrogen-bond donors (Lipinski definition) is 1. The van der Waals surface area contributed by atoms with Crippen LogP contribution in [-0.4, -0.2) is 25.0 Å². The molecule has 0 aliphatic heterocycles. The second kappa shape index (κ2) is 7.91. The molecule has 1 atom stereocenters. The first kappa shape index (κ1) is 14.7. The molecule has 0 aromatic carbocycles. The average molecular weight is 227 g/mol. The lowest BCUT2D eigenvalue weighted by molar-refractivity contribution is -0.145. The monoisotopic (exact) mass is 227 g/mol. The van der Waals surface area contributed by atoms with Gasteiger partial charge in [-0.3, -0.25) is 4.79 Å². The Bertz CT molecular complexity index is 249. The first-order chi connectivity index (χ1) is 7.51. The minimum atomic E-state index is -0.561. The topological polar surface area (TPSA) is 55.4 Å². The second-order valence-corrected chi connectivity index (χ2v) is 4.11. The van der Waals surface area contributed by atoms with E-state index in [2.05, 4.69) is 16.6 Å². The van der Waals surface area contributed by atoms with E-state index in [-0.39, 0.29) is 11.8 Å². The zero-order valence-corrected chi connectivity index (χ0v) is 10.3. The van der Waals surface area contributed by atoms with Crippen LogP contribution in [0, 0.1) is 5.92 Å². The van der Waals surface area contributed by atoms with Crippen molar-refractivity contribution in [3.63, 3.8) is 0 Å². The highest BCUT2D eigenvalue weighted by molar-refractivity contribution is 5.84. The fourth-order valence-corrected chi connectivity index (χ4v) is 1.30. The number of nitrogens with one attached hydrogen (secondary N) is 1. The summed E-state index contributed by atoms with van der Waals surface area (Å²) in [5.41, 5.74) is 0. The standard InChI is InChI=1S/C12H21NO3/c1-5-6-7-10(12(15)16-4)13-11(14)8-9(2)3/h5,9-10H,1,6-8H2,2-4H3,(H,13,14)/t10-/m0/s1. The van der Waals surface area contributed by atoms with Gasteiger partial charge < -0.3 is 10.1 Å². The van der Waals surface area contributed by atoms with Gasteiger partial charge in [0.05, 0.1) is 7.11 Å². The van der Waals surface area contributed by atoms with Gasteiger partial charge in [0, 0.05) is 6.42 Å². The van der Waals surface area contributed by atoms with Gasteiger partial charge in [-0.15, -0.1) is 6.58 Å². The number of esters is 1. The van der Waals surface area contributed by atoms with E-state index >= 15 is 0 Å². The summed E-state index contributed by atoms with van der Waals surface area (Å²) in [6.45, 7) is 7.49. The fourth-order valence-electron chi connectivity index (χ4n) is 1.30. The number of ether oxygens (including phenoxy) is 1. The predicted octanol–water partition coefficient (Wildman–Crippen LogP) is 1.66. The molecule has 92 valence electrons. The summed E-state index contributed by atoms with van der Waals surface area (Å²) in [7, 11) is 1.32. The van der Waals surface area contributed by atoms with Crippen LogP contribution in [0.2, 0.25) is 0 Å². The number of hydrogen-bond acceptors (Lipinski definition) is 3. The first-order valence-corrected chi connectivity index (χ1v) is 5.49. The molecular weight excluding hydrogens is 206 g/mol. The molecule has 0 spiro atoms. The van der Waals surface area contributed by atoms with Crippen LogP contribution in [0.5, 0.6) is 0 Å². The summed E-state index contributed by atoms with van der Waals surface area (Å²) >= 11 is 0. The molecule has 0 saturated carbocycles. The van der Waals surface area contributed by atoms with Gasteiger partial charge in [0.1, 0.15) is 6.04 Å². The summed E-state index contributed by atoms with van der Waals surface area (Å²) < 4.78 is 4.63. The van der Waals surface area contributed by atoms with Crippen LogP contribution >= 0.6 is 0 Å². The van der Waals surface area contributed by atoms with Crippen molar-refractivity contribution in [3.05, 3.63) is 12.7 Å². The molecule has 0 heterocycles. The highest BCUT2D eigenvalue weighted by Gasteiger charge is 2.20. The third kappa shape index (κ3) is 6.22. The third-order valence-electron chi connectivity index (χ3n) is 2.07. The van der Waals surface area contributed by atoms with Crippen LogP contribution < -0.4 is 5.32 Å². The molecule has 16 heavy (non-hydrogen) atoms. The van der Waals surface area contributed by atoms with E-state index in [4.69, 9.17) is 0 Å². The van der Waals surface area contributed by atoms with Crippen molar-refractivity contribution in [2.24, 2.45) is 5.92 Å². The van der Waals surface area contributed by atoms with Crippen LogP contribution in [0.25, 0.3) is 0 Å². The SMILES string of the molecule is C=CCC[C@H](NC(=O)CC(C)C)C(=O)OC. The van der Waals surface area contributed by atoms with Gasteiger partial charge >= 0.3 is 5.97 Å². The van der Waals surface area contributed by atoms with Crippen LogP contribution in [-0.2, 0) is 14.3 Å². The molecule has 0 aromatic rings. The molecule has 1 amide bonds. The molecule has 0 unspecified atom stereocenters. The lowest BCUT2D eigenvalue weighted by Gasteiger charge is -2.16. The van der Waals surface area contributed by atoms with E-state index in [1.54, 1.807) is 6.08 Å². The first-order valence-electron chi connectivity index (χ1n) is 5.49. The maximum absolute atomic E-state index is 11.5. The number of methoxy groups -OCH3 is 1. The van der Waals surface area contributed by atoms with Gasteiger partial charge in [0.15, 0.2) is 0 Å². The Kier molecular flexibility index (Phi) is 7.25. The molecule has 0 radical (unpaired) electrons. The number of carbonyl (C=O) groups excluding carboxylic acids is 2. The largest absolute Gasteiger partial charge is 0.467 e. The molecule has 0 saturated heterocycles. The van der Waals surface area contributed by atoms with E-state index in [9.17, 15) is 9.59 Å². The normalized spacial score (nSPS) is 12.0. The van der Waals surface area contributed by atoms with Crippen molar-refractivity contribution < 1.29 is 14.3 Å². The number of carbonyl (C=O) groups is 2. The Morgan fingerprint density at radius 1 is 1.44 bits per heavy atom. The van der Waals surface area contributed by atoms with Crippen LogP contribution in [0.4, 0.5) is 0 Å². The minimum absolute atomic E-state index is 0.116. The Morgan fingerprint density at radius 3 is 2.50 bits per heavy atom. The quantitative estimate of drug-likeness (QED) is 0.531. The van der Waals surface area contributed by atoms with Crippen LogP contribution in [0.3, 0.4) is 0 Å². The van der Waals surface area contributed by atoms with Gasteiger partial charge in [-0.05, 0) is 18.8 Å². The fraction of sp³-hybridized carbons (Fsp3) is 0.667. The smallest absolute Gasteiger partial charge is 0.328 e. The maximum atomic E-state index is 11.5. The van der Waals surface area contributed by atoms with Gasteiger partial charge in [-0.25, -0.2) is 4.79 Å². The van der Waals surface area contributed by atoms with E-state index in [0.29, 0.717) is 19.3 Å². The van der Waals surface area contributed by atoms with Crippen LogP contribution in [0.15, 0.2) is 12.7 Å². The van der Waals surface area contributed by atoms with Crippen LogP contribution in [0.1, 0.15) is 33.1 Å². The zero-order chi connectivity index (χ0) is 12.6. The van der Waals surface area contributed by atoms with E-state index in [0.717, 1.165) is 0 Å². The number of rotatable bonds is 7. The zero-order valence-electron chi connectivity index (χ0n) is 10.3. The average Bonchev–Trinajstić information content (AvgIpc) is 2.21. The predicted molar refractivity (Wildman–Crippen MR) is 62.8 cm³/mol. The minimum Gasteiger partial charge on any atom is -0.467 e. The van der Waals surface area contributed by atoms with Crippen molar-refractivity contribution in [1.29, 1.82) is 0 Å². The summed E-state index contributed by atoms with van der Waals surface area (Å²) in [4.78, 5) is 22.9. The Balaban J connectivity index is 4.24. The highest BCUT2D eigenvalue weighted by atomic mass is 16.5. The number of allylic oxidation sites excluding steroid dienone is 1. The molecule has 0 fully saturated rings. The summed E-state index contributed by atoms with van der Waals surface area (Å²) in [5.74, 6) is -0.244.